The molecule has 1 saturated heterocycles. The van der Waals surface area contributed by atoms with Gasteiger partial charge in [0.05, 0.1) is 16.8 Å². The van der Waals surface area contributed by atoms with Gasteiger partial charge in [0.15, 0.2) is 5.82 Å². The molecular weight excluding hydrogens is 369 g/mol. The summed E-state index contributed by atoms with van der Waals surface area (Å²) in [5, 5.41) is 10.2. The smallest absolute Gasteiger partial charge is 0.214 e. The maximum Gasteiger partial charge on any atom is 0.214 e. The molecule has 1 fully saturated rings. The third-order valence-corrected chi connectivity index (χ3v) is 5.18. The molecule has 0 unspecified atom stereocenters. The van der Waals surface area contributed by atoms with Crippen molar-refractivity contribution in [2.24, 2.45) is 0 Å². The summed E-state index contributed by atoms with van der Waals surface area (Å²) >= 11 is 5.03. The van der Waals surface area contributed by atoms with Crippen LogP contribution in [0.15, 0.2) is 23.1 Å². The van der Waals surface area contributed by atoms with E-state index in [0.29, 0.717) is 23.1 Å². The molecular formula is C17H20FN7OS. The van der Waals surface area contributed by atoms with Crippen LogP contribution in [0.25, 0.3) is 22.3 Å². The predicted octanol–water partition coefficient (Wildman–Crippen LogP) is 1.20. The van der Waals surface area contributed by atoms with Gasteiger partial charge in [0.2, 0.25) is 10.2 Å². The molecule has 8 nitrogen and oxygen atoms in total. The van der Waals surface area contributed by atoms with E-state index >= 15 is 0 Å². The number of pyridine rings is 1. The zero-order chi connectivity index (χ0) is 19.1. The largest absolute Gasteiger partial charge is 0.367 e. The van der Waals surface area contributed by atoms with Crippen molar-refractivity contribution in [1.82, 2.24) is 24.8 Å². The Labute approximate surface area is 159 Å². The van der Waals surface area contributed by atoms with Gasteiger partial charge in [0.25, 0.3) is 0 Å². The number of nitrogens with zero attached hydrogens (tertiary/aromatic N) is 4. The Morgan fingerprint density at radius 2 is 2.07 bits per heavy atom. The summed E-state index contributed by atoms with van der Waals surface area (Å²) < 4.78 is 18.1. The topological polar surface area (TPSA) is 96.9 Å². The number of piperazine rings is 1. The van der Waals surface area contributed by atoms with Gasteiger partial charge >= 0.3 is 0 Å². The summed E-state index contributed by atoms with van der Waals surface area (Å²) in [5.74, 6) is 5.69. The van der Waals surface area contributed by atoms with Crippen LogP contribution in [0.4, 0.5) is 10.1 Å². The fraction of sp³-hybridized carbons (Fsp3) is 0.353. The van der Waals surface area contributed by atoms with Crippen molar-refractivity contribution in [2.75, 3.05) is 36.9 Å². The number of aromatic amines is 1. The summed E-state index contributed by atoms with van der Waals surface area (Å²) in [4.78, 5) is 15.0. The first-order valence-corrected chi connectivity index (χ1v) is 9.17. The average molecular weight is 389 g/mol. The van der Waals surface area contributed by atoms with Gasteiger partial charge in [0.1, 0.15) is 5.82 Å². The van der Waals surface area contributed by atoms with E-state index < -0.39 is 5.82 Å². The Bertz CT molecular complexity index is 1130. The molecule has 0 saturated carbocycles. The second-order valence-corrected chi connectivity index (χ2v) is 6.82. The molecule has 0 aliphatic carbocycles. The van der Waals surface area contributed by atoms with Crippen molar-refractivity contribution >= 4 is 28.8 Å². The highest BCUT2D eigenvalue weighted by molar-refractivity contribution is 7.71. The molecule has 2 aromatic heterocycles. The van der Waals surface area contributed by atoms with Crippen molar-refractivity contribution < 1.29 is 4.39 Å². The lowest BCUT2D eigenvalue weighted by atomic mass is 10.1. The van der Waals surface area contributed by atoms with Crippen LogP contribution in [0.2, 0.25) is 0 Å². The van der Waals surface area contributed by atoms with Crippen LogP contribution >= 0.6 is 12.2 Å². The lowest BCUT2D eigenvalue weighted by molar-refractivity contribution is 0.567. The molecule has 0 atom stereocenters. The first-order valence-electron chi connectivity index (χ1n) is 8.76. The van der Waals surface area contributed by atoms with E-state index in [9.17, 15) is 9.18 Å². The molecule has 4 N–H and O–H groups in total. The van der Waals surface area contributed by atoms with E-state index in [1.165, 1.54) is 6.07 Å². The number of aromatic nitrogens is 4. The highest BCUT2D eigenvalue weighted by atomic mass is 32.1. The van der Waals surface area contributed by atoms with Crippen molar-refractivity contribution in [3.05, 3.63) is 39.1 Å². The number of aryl methyl sites for hydroxylation is 1. The number of anilines is 1. The van der Waals surface area contributed by atoms with Crippen LogP contribution < -0.4 is 21.5 Å². The molecule has 27 heavy (non-hydrogen) atoms. The molecule has 0 bridgehead atoms. The maximum absolute atomic E-state index is 14.9. The van der Waals surface area contributed by atoms with Gasteiger partial charge in [0, 0.05) is 44.3 Å². The number of rotatable bonds is 3. The lowest BCUT2D eigenvalue weighted by Crippen LogP contribution is -2.43. The van der Waals surface area contributed by atoms with Crippen LogP contribution in [0, 0.1) is 10.6 Å². The molecule has 142 valence electrons. The second-order valence-electron chi connectivity index (χ2n) is 6.44. The molecule has 1 aliphatic rings. The van der Waals surface area contributed by atoms with Crippen molar-refractivity contribution in [3.8, 4) is 11.4 Å². The number of fused-ring (bicyclic) bond motifs is 1. The van der Waals surface area contributed by atoms with Gasteiger partial charge in [-0.1, -0.05) is 0 Å². The number of nitrogen functional groups attached to an aromatic ring is 1. The quantitative estimate of drug-likeness (QED) is 0.460. The summed E-state index contributed by atoms with van der Waals surface area (Å²) in [7, 11) is 0. The zero-order valence-corrected chi connectivity index (χ0v) is 15.6. The Balaban J connectivity index is 1.96. The first-order chi connectivity index (χ1) is 13.0. The molecule has 3 aromatic rings. The normalized spacial score (nSPS) is 14.8. The van der Waals surface area contributed by atoms with Gasteiger partial charge in [-0.15, -0.1) is 0 Å². The third-order valence-electron chi connectivity index (χ3n) is 4.89. The fourth-order valence-corrected chi connectivity index (χ4v) is 3.60. The van der Waals surface area contributed by atoms with Gasteiger partial charge < -0.3 is 20.6 Å². The first kappa shape index (κ1) is 17.7. The SMILES string of the molecule is CCn1cc(-c2n[nH]c(=S)n2N)c(=O)c2cc(F)c(N3CCNCC3)cc21. The van der Waals surface area contributed by atoms with Gasteiger partial charge in [-0.3, -0.25) is 4.79 Å². The van der Waals surface area contributed by atoms with Gasteiger partial charge in [-0.2, -0.15) is 5.10 Å². The number of nitrogens with two attached hydrogens (primary N) is 1. The minimum atomic E-state index is -0.409. The molecule has 1 aliphatic heterocycles. The van der Waals surface area contributed by atoms with E-state index in [1.807, 2.05) is 16.4 Å². The standard InChI is InChI=1S/C17H20FN7OS/c1-2-23-9-11(16-21-22-17(27)25(16)19)15(26)10-7-12(18)14(8-13(10)23)24-5-3-20-4-6-24/h7-9,20H,2-6,19H2,1H3,(H,22,27). The number of hydrogen-bond acceptors (Lipinski definition) is 6. The number of benzene rings is 1. The summed E-state index contributed by atoms with van der Waals surface area (Å²) in [6, 6.07) is 3.07. The van der Waals surface area contributed by atoms with Crippen LogP contribution in [-0.2, 0) is 6.54 Å². The minimum absolute atomic E-state index is 0.202. The monoisotopic (exact) mass is 389 g/mol. The number of nitrogens with one attached hydrogen (secondary N) is 2. The van der Waals surface area contributed by atoms with Crippen LogP contribution in [-0.4, -0.2) is 45.6 Å². The molecule has 0 amide bonds. The van der Waals surface area contributed by atoms with Crippen LogP contribution in [0.5, 0.6) is 0 Å². The zero-order valence-electron chi connectivity index (χ0n) is 14.8. The molecule has 4 rings (SSSR count). The number of halogens is 1. The molecule has 1 aromatic carbocycles. The highest BCUT2D eigenvalue weighted by Gasteiger charge is 2.20. The highest BCUT2D eigenvalue weighted by Crippen LogP contribution is 2.27. The fourth-order valence-electron chi connectivity index (χ4n) is 3.46. The van der Waals surface area contributed by atoms with Crippen LogP contribution in [0.1, 0.15) is 6.92 Å². The number of hydrogen-bond donors (Lipinski definition) is 3. The van der Waals surface area contributed by atoms with E-state index in [-0.39, 0.29) is 21.6 Å². The maximum atomic E-state index is 14.9. The van der Waals surface area contributed by atoms with E-state index in [2.05, 4.69) is 15.5 Å². The third kappa shape index (κ3) is 2.90. The van der Waals surface area contributed by atoms with E-state index in [0.717, 1.165) is 30.9 Å². The van der Waals surface area contributed by atoms with Crippen molar-refractivity contribution in [3.63, 3.8) is 0 Å². The van der Waals surface area contributed by atoms with E-state index in [1.54, 1.807) is 12.3 Å². The van der Waals surface area contributed by atoms with Crippen LogP contribution in [0.3, 0.4) is 0 Å². The molecule has 0 spiro atoms. The Morgan fingerprint density at radius 3 is 2.70 bits per heavy atom. The van der Waals surface area contributed by atoms with E-state index in [4.69, 9.17) is 18.1 Å². The molecule has 3 heterocycles. The van der Waals surface area contributed by atoms with Gasteiger partial charge in [-0.05, 0) is 31.3 Å². The average Bonchev–Trinajstić information content (AvgIpc) is 3.01. The molecule has 10 heteroatoms. The second kappa shape index (κ2) is 6.78. The summed E-state index contributed by atoms with van der Waals surface area (Å²) in [6.45, 7) is 5.61. The summed E-state index contributed by atoms with van der Waals surface area (Å²) in [5.41, 5.74) is 1.13. The van der Waals surface area contributed by atoms with Gasteiger partial charge in [-0.25, -0.2) is 14.2 Å². The van der Waals surface area contributed by atoms with Crippen molar-refractivity contribution in [1.29, 1.82) is 0 Å². The summed E-state index contributed by atoms with van der Waals surface area (Å²) in [6.07, 6.45) is 1.69. The lowest BCUT2D eigenvalue weighted by Gasteiger charge is -2.30. The van der Waals surface area contributed by atoms with Crippen molar-refractivity contribution in [2.45, 2.75) is 13.5 Å². The predicted molar refractivity (Wildman–Crippen MR) is 105 cm³/mol. The Morgan fingerprint density at radius 1 is 1.33 bits per heavy atom. The molecule has 0 radical (unpaired) electrons. The number of H-pyrrole nitrogens is 1. The minimum Gasteiger partial charge on any atom is -0.367 e. The Hall–Kier alpha value is -2.72. The Kier molecular flexibility index (Phi) is 4.44.